The molecule has 0 saturated heterocycles. The summed E-state index contributed by atoms with van der Waals surface area (Å²) in [6.07, 6.45) is 0. The molecule has 0 aliphatic heterocycles. The van der Waals surface area contributed by atoms with Crippen LogP contribution in [0.5, 0.6) is 5.75 Å². The number of methoxy groups -OCH3 is 1. The van der Waals surface area contributed by atoms with E-state index < -0.39 is 0 Å². The summed E-state index contributed by atoms with van der Waals surface area (Å²) in [4.78, 5) is 0. The van der Waals surface area contributed by atoms with Gasteiger partial charge in [-0.15, -0.1) is 14.8 Å². The van der Waals surface area contributed by atoms with Gasteiger partial charge in [0.1, 0.15) is 11.6 Å². The average molecular weight is 271 g/mol. The fourth-order valence-electron chi connectivity index (χ4n) is 1.83. The Morgan fingerprint density at radius 2 is 2.20 bits per heavy atom. The van der Waals surface area contributed by atoms with Gasteiger partial charge in [0.25, 0.3) is 0 Å². The first-order valence-corrected chi connectivity index (χ1v) is 5.98. The third-order valence-electron chi connectivity index (χ3n) is 2.84. The summed E-state index contributed by atoms with van der Waals surface area (Å²) < 4.78 is 6.48. The van der Waals surface area contributed by atoms with Crippen LogP contribution in [-0.2, 0) is 6.54 Å². The third-order valence-corrected chi connectivity index (χ3v) is 2.84. The van der Waals surface area contributed by atoms with Gasteiger partial charge in [-0.1, -0.05) is 6.07 Å². The first kappa shape index (κ1) is 12.2. The molecule has 0 fully saturated rings. The average Bonchev–Trinajstić information content (AvgIpc) is 2.92. The lowest BCUT2D eigenvalue weighted by molar-refractivity contribution is 0.417. The van der Waals surface area contributed by atoms with Crippen LogP contribution in [0.25, 0.3) is 5.65 Å². The molecule has 0 aliphatic carbocycles. The first-order chi connectivity index (χ1) is 9.76. The second kappa shape index (κ2) is 5.00. The fraction of sp³-hybridized carbons (Fsp3) is 0.167. The molecular weight excluding hydrogens is 258 g/mol. The Morgan fingerprint density at radius 1 is 1.30 bits per heavy atom. The lowest BCUT2D eigenvalue weighted by Gasteiger charge is -2.08. The number of hydrogen-bond acceptors (Lipinski definition) is 7. The van der Waals surface area contributed by atoms with Crippen LogP contribution in [0.3, 0.4) is 0 Å². The van der Waals surface area contributed by atoms with Crippen molar-refractivity contribution in [2.45, 2.75) is 6.54 Å². The van der Waals surface area contributed by atoms with Gasteiger partial charge < -0.3 is 15.8 Å². The predicted octanol–water partition coefficient (Wildman–Crippen LogP) is 0.722. The topological polar surface area (TPSA) is 103 Å². The van der Waals surface area contributed by atoms with Gasteiger partial charge in [0.05, 0.1) is 12.8 Å². The molecule has 102 valence electrons. The zero-order chi connectivity index (χ0) is 13.9. The molecule has 2 aromatic heterocycles. The Balaban J connectivity index is 1.73. The van der Waals surface area contributed by atoms with Crippen molar-refractivity contribution in [1.29, 1.82) is 0 Å². The van der Waals surface area contributed by atoms with Crippen LogP contribution in [0.2, 0.25) is 0 Å². The minimum Gasteiger partial charge on any atom is -0.495 e. The monoisotopic (exact) mass is 271 g/mol. The molecule has 0 amide bonds. The second-order valence-electron chi connectivity index (χ2n) is 4.17. The van der Waals surface area contributed by atoms with Crippen LogP contribution in [0, 0.1) is 0 Å². The standard InChI is InChI=1S/C12H13N7O/c1-20-10-3-2-8(6-9(10)13)7-14-11-4-5-12-15-17-18-19(12)16-11/h2-6H,7,13H2,1H3,(H,14,16). The number of hydrogen-bond donors (Lipinski definition) is 2. The number of nitrogens with one attached hydrogen (secondary N) is 1. The highest BCUT2D eigenvalue weighted by Crippen LogP contribution is 2.22. The molecule has 8 nitrogen and oxygen atoms in total. The van der Waals surface area contributed by atoms with E-state index in [2.05, 4.69) is 25.9 Å². The largest absolute Gasteiger partial charge is 0.495 e. The maximum atomic E-state index is 5.86. The highest BCUT2D eigenvalue weighted by Gasteiger charge is 2.03. The number of benzene rings is 1. The summed E-state index contributed by atoms with van der Waals surface area (Å²) >= 11 is 0. The minimum atomic E-state index is 0.592. The maximum Gasteiger partial charge on any atom is 0.200 e. The molecule has 0 atom stereocenters. The molecule has 8 heteroatoms. The summed E-state index contributed by atoms with van der Waals surface area (Å²) in [7, 11) is 1.59. The molecule has 1 aromatic carbocycles. The highest BCUT2D eigenvalue weighted by molar-refractivity contribution is 5.54. The van der Waals surface area contributed by atoms with Crippen LogP contribution in [0.15, 0.2) is 30.3 Å². The van der Waals surface area contributed by atoms with Crippen molar-refractivity contribution in [3.05, 3.63) is 35.9 Å². The molecule has 0 saturated carbocycles. The number of nitrogens with zero attached hydrogens (tertiary/aromatic N) is 5. The van der Waals surface area contributed by atoms with Crippen molar-refractivity contribution in [2.75, 3.05) is 18.2 Å². The van der Waals surface area contributed by atoms with E-state index in [1.54, 1.807) is 13.2 Å². The van der Waals surface area contributed by atoms with Crippen molar-refractivity contribution in [1.82, 2.24) is 25.3 Å². The molecule has 2 heterocycles. The van der Waals surface area contributed by atoms with Gasteiger partial charge in [-0.05, 0) is 40.3 Å². The van der Waals surface area contributed by atoms with Gasteiger partial charge in [-0.3, -0.25) is 0 Å². The van der Waals surface area contributed by atoms with Crippen LogP contribution in [0.1, 0.15) is 5.56 Å². The van der Waals surface area contributed by atoms with E-state index in [-0.39, 0.29) is 0 Å². The number of aromatic nitrogens is 5. The number of ether oxygens (including phenoxy) is 1. The van der Waals surface area contributed by atoms with E-state index >= 15 is 0 Å². The number of fused-ring (bicyclic) bond motifs is 1. The number of rotatable bonds is 4. The molecule has 20 heavy (non-hydrogen) atoms. The molecule has 0 unspecified atom stereocenters. The molecule has 0 radical (unpaired) electrons. The zero-order valence-corrected chi connectivity index (χ0v) is 10.8. The summed E-state index contributed by atoms with van der Waals surface area (Å²) in [5.74, 6) is 1.35. The van der Waals surface area contributed by atoms with Crippen molar-refractivity contribution >= 4 is 17.2 Å². The van der Waals surface area contributed by atoms with E-state index in [0.717, 1.165) is 5.56 Å². The third kappa shape index (κ3) is 2.30. The Hall–Kier alpha value is -2.90. The smallest absolute Gasteiger partial charge is 0.200 e. The molecule has 0 spiro atoms. The Morgan fingerprint density at radius 3 is 3.00 bits per heavy atom. The van der Waals surface area contributed by atoms with E-state index in [0.29, 0.717) is 29.4 Å². The van der Waals surface area contributed by atoms with E-state index in [1.165, 1.54) is 4.63 Å². The Kier molecular flexibility index (Phi) is 3.04. The van der Waals surface area contributed by atoms with Gasteiger partial charge in [0, 0.05) is 6.54 Å². The van der Waals surface area contributed by atoms with Crippen molar-refractivity contribution in [3.63, 3.8) is 0 Å². The second-order valence-corrected chi connectivity index (χ2v) is 4.17. The molecular formula is C12H13N7O. The summed E-state index contributed by atoms with van der Waals surface area (Å²) in [6.45, 7) is 0.592. The van der Waals surface area contributed by atoms with Crippen LogP contribution < -0.4 is 15.8 Å². The van der Waals surface area contributed by atoms with E-state index in [4.69, 9.17) is 10.5 Å². The SMILES string of the molecule is COc1ccc(CNc2ccc3nnnn3n2)cc1N. The summed E-state index contributed by atoms with van der Waals surface area (Å²) in [5, 5.41) is 18.5. The normalized spacial score (nSPS) is 10.7. The number of tetrazole rings is 1. The predicted molar refractivity (Wildman–Crippen MR) is 73.3 cm³/mol. The van der Waals surface area contributed by atoms with Crippen molar-refractivity contribution in [3.8, 4) is 5.75 Å². The summed E-state index contributed by atoms with van der Waals surface area (Å²) in [6, 6.07) is 9.25. The summed E-state index contributed by atoms with van der Waals surface area (Å²) in [5.41, 5.74) is 8.10. The number of nitrogens with two attached hydrogens (primary N) is 1. The van der Waals surface area contributed by atoms with Crippen LogP contribution in [0.4, 0.5) is 11.5 Å². The lowest BCUT2D eigenvalue weighted by atomic mass is 10.2. The fourth-order valence-corrected chi connectivity index (χ4v) is 1.83. The lowest BCUT2D eigenvalue weighted by Crippen LogP contribution is -2.05. The van der Waals surface area contributed by atoms with E-state index in [9.17, 15) is 0 Å². The molecule has 3 rings (SSSR count). The van der Waals surface area contributed by atoms with Crippen LogP contribution >= 0.6 is 0 Å². The molecule has 0 bridgehead atoms. The van der Waals surface area contributed by atoms with Crippen molar-refractivity contribution in [2.24, 2.45) is 0 Å². The van der Waals surface area contributed by atoms with Gasteiger partial charge in [0.2, 0.25) is 0 Å². The number of anilines is 2. The van der Waals surface area contributed by atoms with Gasteiger partial charge in [-0.25, -0.2) is 0 Å². The van der Waals surface area contributed by atoms with Gasteiger partial charge in [-0.2, -0.15) is 0 Å². The minimum absolute atomic E-state index is 0.592. The Labute approximate surface area is 114 Å². The zero-order valence-electron chi connectivity index (χ0n) is 10.8. The Bertz CT molecular complexity index is 740. The van der Waals surface area contributed by atoms with Gasteiger partial charge >= 0.3 is 0 Å². The number of nitrogen functional groups attached to an aromatic ring is 1. The van der Waals surface area contributed by atoms with Gasteiger partial charge in [0.15, 0.2) is 5.65 Å². The molecule has 3 aromatic rings. The van der Waals surface area contributed by atoms with E-state index in [1.807, 2.05) is 24.3 Å². The first-order valence-electron chi connectivity index (χ1n) is 5.98. The quantitative estimate of drug-likeness (QED) is 0.674. The van der Waals surface area contributed by atoms with Crippen molar-refractivity contribution < 1.29 is 4.74 Å². The molecule has 3 N–H and O–H groups in total. The van der Waals surface area contributed by atoms with Crippen LogP contribution in [-0.4, -0.2) is 32.4 Å². The molecule has 0 aliphatic rings. The highest BCUT2D eigenvalue weighted by atomic mass is 16.5. The maximum absolute atomic E-state index is 5.86.